The van der Waals surface area contributed by atoms with Crippen LogP contribution < -0.4 is 0 Å². The molecule has 0 saturated carbocycles. The molecule has 0 aromatic heterocycles. The Labute approximate surface area is 240 Å². The molecule has 0 spiro atoms. The lowest BCUT2D eigenvalue weighted by atomic mass is 9.91. The molecule has 2 nitrogen and oxygen atoms in total. The maximum Gasteiger partial charge on any atom is 0.322 e. The molecule has 0 aliphatic carbocycles. The first kappa shape index (κ1) is 35.4. The zero-order valence-corrected chi connectivity index (χ0v) is 26.4. The van der Waals surface area contributed by atoms with E-state index in [1.54, 1.807) is 0 Å². The Balaban J connectivity index is 1.90. The Morgan fingerprint density at radius 2 is 0.658 bits per heavy atom. The number of unbranched alkanes of at least 4 members (excludes halogenated alkanes) is 26. The maximum atomic E-state index is 9.52. The van der Waals surface area contributed by atoms with E-state index in [-0.39, 0.29) is 5.95 Å². The van der Waals surface area contributed by atoms with E-state index in [0.29, 0.717) is 5.92 Å². The standard InChI is InChI=1S/C36H70O2/c1-3-5-7-9-11-13-15-17-19-21-23-25-27-29-31-34(33-35-36(37)38-35)32-30-28-26-24-22-20-18-16-14-12-10-8-6-4-2/h34,37H,3-33H2,1-2H3. The van der Waals surface area contributed by atoms with Crippen molar-refractivity contribution >= 4 is 0 Å². The molecule has 0 amide bonds. The van der Waals surface area contributed by atoms with Gasteiger partial charge in [-0.2, -0.15) is 0 Å². The third-order valence-corrected chi connectivity index (χ3v) is 8.82. The first-order valence-corrected chi connectivity index (χ1v) is 17.9. The van der Waals surface area contributed by atoms with Crippen LogP contribution in [-0.4, -0.2) is 5.11 Å². The van der Waals surface area contributed by atoms with Gasteiger partial charge in [0.05, 0.1) is 0 Å². The molecule has 0 unspecified atom stereocenters. The van der Waals surface area contributed by atoms with Gasteiger partial charge < -0.3 is 9.84 Å². The molecule has 0 atom stereocenters. The summed E-state index contributed by atoms with van der Waals surface area (Å²) >= 11 is 0. The Morgan fingerprint density at radius 1 is 0.421 bits per heavy atom. The highest BCUT2D eigenvalue weighted by Crippen LogP contribution is 2.34. The van der Waals surface area contributed by atoms with Crippen LogP contribution in [0.5, 0.6) is 0 Å². The third kappa shape index (κ3) is 24.4. The van der Waals surface area contributed by atoms with E-state index in [1.165, 1.54) is 193 Å². The predicted octanol–water partition coefficient (Wildman–Crippen LogP) is 13.5. The molecule has 0 fully saturated rings. The smallest absolute Gasteiger partial charge is 0.322 e. The Bertz CT molecular complexity index is 479. The van der Waals surface area contributed by atoms with Crippen molar-refractivity contribution in [3.8, 4) is 0 Å². The molecule has 0 radical (unpaired) electrons. The molecule has 1 aliphatic rings. The van der Waals surface area contributed by atoms with Crippen molar-refractivity contribution in [2.45, 2.75) is 213 Å². The minimum atomic E-state index is 0.219. The molecule has 0 bridgehead atoms. The van der Waals surface area contributed by atoms with E-state index in [4.69, 9.17) is 4.74 Å². The van der Waals surface area contributed by atoms with Crippen LogP contribution in [0.15, 0.2) is 11.7 Å². The second kappa shape index (κ2) is 27.9. The highest BCUT2D eigenvalue weighted by atomic mass is 16.7. The predicted molar refractivity (Wildman–Crippen MR) is 169 cm³/mol. The van der Waals surface area contributed by atoms with Gasteiger partial charge in [0, 0.05) is 6.42 Å². The van der Waals surface area contributed by atoms with E-state index in [2.05, 4.69) is 13.8 Å². The van der Waals surface area contributed by atoms with Gasteiger partial charge in [0.25, 0.3) is 0 Å². The quantitative estimate of drug-likeness (QED) is 0.0870. The van der Waals surface area contributed by atoms with Gasteiger partial charge in [-0.05, 0) is 5.92 Å². The summed E-state index contributed by atoms with van der Waals surface area (Å²) in [5.74, 6) is 1.81. The number of allylic oxidation sites excluding steroid dienone is 1. The number of aliphatic hydroxyl groups is 1. The summed E-state index contributed by atoms with van der Waals surface area (Å²) in [5, 5.41) is 9.52. The average Bonchev–Trinajstić information content (AvgIpc) is 3.62. The SMILES string of the molecule is CCCCCCCCCCCCCCCCC(CCCCCCCCCCCCCCCC)CC1=C(O)O1. The van der Waals surface area contributed by atoms with Gasteiger partial charge in [-0.15, -0.1) is 0 Å². The second-order valence-electron chi connectivity index (χ2n) is 12.7. The molecule has 38 heavy (non-hydrogen) atoms. The van der Waals surface area contributed by atoms with Crippen LogP contribution in [0.3, 0.4) is 0 Å². The number of hydrogen-bond donors (Lipinski definition) is 1. The van der Waals surface area contributed by atoms with Crippen molar-refractivity contribution in [2.75, 3.05) is 0 Å². The van der Waals surface area contributed by atoms with Crippen molar-refractivity contribution in [3.05, 3.63) is 11.7 Å². The van der Waals surface area contributed by atoms with Crippen molar-refractivity contribution in [1.82, 2.24) is 0 Å². The van der Waals surface area contributed by atoms with Crippen LogP contribution >= 0.6 is 0 Å². The first-order chi connectivity index (χ1) is 18.8. The van der Waals surface area contributed by atoms with E-state index in [1.807, 2.05) is 0 Å². The van der Waals surface area contributed by atoms with Crippen molar-refractivity contribution < 1.29 is 9.84 Å². The summed E-state index contributed by atoms with van der Waals surface area (Å²) in [4.78, 5) is 0. The Morgan fingerprint density at radius 3 is 0.895 bits per heavy atom. The lowest BCUT2D eigenvalue weighted by Crippen LogP contribution is -2.01. The first-order valence-electron chi connectivity index (χ1n) is 17.9. The Hall–Kier alpha value is -0.660. The molecule has 1 heterocycles. The van der Waals surface area contributed by atoms with E-state index < -0.39 is 0 Å². The molecular formula is C36H70O2. The minimum absolute atomic E-state index is 0.219. The van der Waals surface area contributed by atoms with Crippen LogP contribution in [0, 0.1) is 5.92 Å². The van der Waals surface area contributed by atoms with Gasteiger partial charge in [0.2, 0.25) is 0 Å². The molecular weight excluding hydrogens is 464 g/mol. The fraction of sp³-hybridized carbons (Fsp3) is 0.944. The van der Waals surface area contributed by atoms with Gasteiger partial charge in [-0.3, -0.25) is 0 Å². The average molecular weight is 535 g/mol. The second-order valence-corrected chi connectivity index (χ2v) is 12.7. The molecule has 0 aromatic carbocycles. The number of hydrogen-bond acceptors (Lipinski definition) is 2. The summed E-state index contributed by atoms with van der Waals surface area (Å²) in [6.07, 6.45) is 43.6. The topological polar surface area (TPSA) is 32.8 Å². The molecule has 226 valence electrons. The van der Waals surface area contributed by atoms with Crippen LogP contribution in [0.4, 0.5) is 0 Å². The number of aliphatic hydroxyl groups excluding tert-OH is 1. The van der Waals surface area contributed by atoms with Gasteiger partial charge in [-0.1, -0.05) is 206 Å². The minimum Gasteiger partial charge on any atom is -0.478 e. The largest absolute Gasteiger partial charge is 0.478 e. The summed E-state index contributed by atoms with van der Waals surface area (Å²) < 4.78 is 5.18. The van der Waals surface area contributed by atoms with Crippen molar-refractivity contribution in [1.29, 1.82) is 0 Å². The fourth-order valence-electron chi connectivity index (χ4n) is 6.09. The van der Waals surface area contributed by atoms with Crippen LogP contribution in [0.1, 0.15) is 213 Å². The van der Waals surface area contributed by atoms with Crippen LogP contribution in [0.25, 0.3) is 0 Å². The molecule has 1 aliphatic heterocycles. The van der Waals surface area contributed by atoms with E-state index in [0.717, 1.165) is 12.2 Å². The molecule has 1 N–H and O–H groups in total. The van der Waals surface area contributed by atoms with Gasteiger partial charge >= 0.3 is 5.95 Å². The fourth-order valence-corrected chi connectivity index (χ4v) is 6.09. The van der Waals surface area contributed by atoms with E-state index >= 15 is 0 Å². The summed E-state index contributed by atoms with van der Waals surface area (Å²) in [7, 11) is 0. The Kier molecular flexibility index (Phi) is 26.0. The number of ether oxygens (including phenoxy) is 1. The zero-order valence-electron chi connectivity index (χ0n) is 26.4. The van der Waals surface area contributed by atoms with Crippen molar-refractivity contribution in [2.24, 2.45) is 5.92 Å². The van der Waals surface area contributed by atoms with E-state index in [9.17, 15) is 5.11 Å². The van der Waals surface area contributed by atoms with Gasteiger partial charge in [0.1, 0.15) is 0 Å². The van der Waals surface area contributed by atoms with Gasteiger partial charge in [-0.25, -0.2) is 0 Å². The number of rotatable bonds is 32. The highest BCUT2D eigenvalue weighted by Gasteiger charge is 2.27. The molecule has 0 saturated heterocycles. The zero-order chi connectivity index (χ0) is 27.4. The monoisotopic (exact) mass is 535 g/mol. The summed E-state index contributed by atoms with van der Waals surface area (Å²) in [5.41, 5.74) is 0. The third-order valence-electron chi connectivity index (χ3n) is 8.82. The molecule has 0 aromatic rings. The molecule has 2 heteroatoms. The molecule has 1 rings (SSSR count). The van der Waals surface area contributed by atoms with Crippen LogP contribution in [0.2, 0.25) is 0 Å². The lowest BCUT2D eigenvalue weighted by molar-refractivity contribution is 0.268. The maximum absolute atomic E-state index is 9.52. The normalized spacial score (nSPS) is 13.0. The van der Waals surface area contributed by atoms with Crippen molar-refractivity contribution in [3.63, 3.8) is 0 Å². The van der Waals surface area contributed by atoms with Crippen LogP contribution in [-0.2, 0) is 4.74 Å². The highest BCUT2D eigenvalue weighted by molar-refractivity contribution is 5.10. The van der Waals surface area contributed by atoms with Gasteiger partial charge in [0.15, 0.2) is 5.76 Å². The summed E-state index contributed by atoms with van der Waals surface area (Å²) in [6, 6.07) is 0. The summed E-state index contributed by atoms with van der Waals surface area (Å²) in [6.45, 7) is 4.60. The lowest BCUT2D eigenvalue weighted by Gasteiger charge is -2.14.